The van der Waals surface area contributed by atoms with Gasteiger partial charge in [-0.3, -0.25) is 0 Å². The van der Waals surface area contributed by atoms with Gasteiger partial charge in [-0.1, -0.05) is 12.1 Å². The molecule has 0 saturated carbocycles. The molecular formula is C7H6F3N2O2S-. The molecule has 0 heterocycles. The van der Waals surface area contributed by atoms with E-state index in [1.54, 1.807) is 0 Å². The molecule has 15 heavy (non-hydrogen) atoms. The molecule has 0 aliphatic rings. The molecule has 0 radical (unpaired) electrons. The Hall–Kier alpha value is -1.28. The first-order chi connectivity index (χ1) is 6.62. The molecule has 1 aromatic rings. The second kappa shape index (κ2) is 3.38. The number of primary sulfonamides is 1. The fourth-order valence-corrected chi connectivity index (χ4v) is 1.74. The first-order valence-electron chi connectivity index (χ1n) is 3.58. The normalized spacial score (nSPS) is 12.8. The van der Waals surface area contributed by atoms with Crippen molar-refractivity contribution in [3.05, 3.63) is 29.5 Å². The largest absolute Gasteiger partial charge is 0.699 e. The highest BCUT2D eigenvalue weighted by Crippen LogP contribution is 2.35. The van der Waals surface area contributed by atoms with E-state index in [4.69, 9.17) is 5.73 Å². The summed E-state index contributed by atoms with van der Waals surface area (Å²) in [6, 6.07) is 2.01. The van der Waals surface area contributed by atoms with E-state index in [-0.39, 0.29) is 0 Å². The van der Waals surface area contributed by atoms with Gasteiger partial charge in [-0.05, 0) is 6.07 Å². The first kappa shape index (κ1) is 11.8. The van der Waals surface area contributed by atoms with Gasteiger partial charge in [-0.25, -0.2) is 13.6 Å². The van der Waals surface area contributed by atoms with Gasteiger partial charge in [0.25, 0.3) is 0 Å². The summed E-state index contributed by atoms with van der Waals surface area (Å²) >= 11 is 0. The number of benzene rings is 1. The van der Waals surface area contributed by atoms with Crippen molar-refractivity contribution in [1.82, 2.24) is 0 Å². The van der Waals surface area contributed by atoms with Crippen LogP contribution in [-0.2, 0) is 16.2 Å². The number of rotatable bonds is 1. The maximum Gasteiger partial charge on any atom is 0.417 e. The zero-order chi connectivity index (χ0) is 11.9. The van der Waals surface area contributed by atoms with Crippen LogP contribution in [0.5, 0.6) is 0 Å². The number of hydrogen-bond acceptors (Lipinski definition) is 2. The Kier molecular flexibility index (Phi) is 2.66. The molecule has 0 atom stereocenters. The van der Waals surface area contributed by atoms with Crippen molar-refractivity contribution >= 4 is 15.7 Å². The number of sulfonamides is 1. The van der Waals surface area contributed by atoms with E-state index in [0.717, 1.165) is 6.07 Å². The Morgan fingerprint density at radius 3 is 2.20 bits per heavy atom. The summed E-state index contributed by atoms with van der Waals surface area (Å²) in [6.45, 7) is 0. The monoisotopic (exact) mass is 239 g/mol. The molecule has 0 unspecified atom stereocenters. The third-order valence-corrected chi connectivity index (χ3v) is 2.56. The van der Waals surface area contributed by atoms with Crippen molar-refractivity contribution < 1.29 is 21.6 Å². The fourth-order valence-electron chi connectivity index (χ4n) is 1.000. The number of nitrogens with two attached hydrogens (primary N) is 1. The molecule has 3 N–H and O–H groups in total. The van der Waals surface area contributed by atoms with Crippen LogP contribution in [0.3, 0.4) is 0 Å². The zero-order valence-corrected chi connectivity index (χ0v) is 7.98. The van der Waals surface area contributed by atoms with Crippen molar-refractivity contribution in [3.8, 4) is 0 Å². The van der Waals surface area contributed by atoms with Crippen molar-refractivity contribution in [3.63, 3.8) is 0 Å². The molecule has 1 aromatic carbocycles. The lowest BCUT2D eigenvalue weighted by Gasteiger charge is -2.14. The molecule has 0 aliphatic carbocycles. The van der Waals surface area contributed by atoms with Crippen LogP contribution in [0.1, 0.15) is 5.56 Å². The average molecular weight is 239 g/mol. The Morgan fingerprint density at radius 1 is 1.27 bits per heavy atom. The highest BCUT2D eigenvalue weighted by molar-refractivity contribution is 7.89. The number of nitrogens with one attached hydrogen (secondary N) is 1. The maximum absolute atomic E-state index is 12.4. The maximum atomic E-state index is 12.4. The average Bonchev–Trinajstić information content (AvgIpc) is 2.00. The van der Waals surface area contributed by atoms with Crippen LogP contribution in [-0.4, -0.2) is 8.42 Å². The van der Waals surface area contributed by atoms with E-state index in [9.17, 15) is 21.6 Å². The fraction of sp³-hybridized carbons (Fsp3) is 0.143. The van der Waals surface area contributed by atoms with Gasteiger partial charge < -0.3 is 5.73 Å². The SMILES string of the molecule is [NH-]c1ccc(S(N)(=O)=O)c(C(F)(F)F)c1. The standard InChI is InChI=1S/C7H6F3N2O2S/c8-7(9,10)5-3-4(11)1-2-6(5)15(12,13)14/h1-3,11H,(H2,12,13,14)/q-1. The highest BCUT2D eigenvalue weighted by Gasteiger charge is 2.35. The molecule has 0 aromatic heterocycles. The van der Waals surface area contributed by atoms with E-state index >= 15 is 0 Å². The Bertz CT molecular complexity index is 481. The summed E-state index contributed by atoms with van der Waals surface area (Å²) < 4.78 is 58.7. The van der Waals surface area contributed by atoms with Crippen LogP contribution in [0.15, 0.2) is 23.1 Å². The van der Waals surface area contributed by atoms with Crippen LogP contribution in [0.2, 0.25) is 0 Å². The lowest BCUT2D eigenvalue weighted by atomic mass is 10.2. The Labute approximate surface area is 83.7 Å². The minimum Gasteiger partial charge on any atom is -0.699 e. The summed E-state index contributed by atoms with van der Waals surface area (Å²) in [5.74, 6) is 0. The van der Waals surface area contributed by atoms with Gasteiger partial charge in [-0.2, -0.15) is 13.2 Å². The van der Waals surface area contributed by atoms with Gasteiger partial charge in [0.15, 0.2) is 0 Å². The molecular weight excluding hydrogens is 233 g/mol. The van der Waals surface area contributed by atoms with Gasteiger partial charge in [0.1, 0.15) is 0 Å². The van der Waals surface area contributed by atoms with Crippen molar-refractivity contribution in [2.24, 2.45) is 5.14 Å². The van der Waals surface area contributed by atoms with E-state index < -0.39 is 32.3 Å². The van der Waals surface area contributed by atoms with Crippen LogP contribution in [0.4, 0.5) is 18.9 Å². The molecule has 0 aliphatic heterocycles. The Morgan fingerprint density at radius 2 is 1.80 bits per heavy atom. The molecule has 4 nitrogen and oxygen atoms in total. The van der Waals surface area contributed by atoms with Crippen molar-refractivity contribution in [2.45, 2.75) is 11.1 Å². The van der Waals surface area contributed by atoms with Crippen molar-refractivity contribution in [2.75, 3.05) is 0 Å². The number of halogens is 3. The Balaban J connectivity index is 3.55. The van der Waals surface area contributed by atoms with E-state index in [1.165, 1.54) is 0 Å². The molecule has 0 fully saturated rings. The van der Waals surface area contributed by atoms with Crippen molar-refractivity contribution in [1.29, 1.82) is 0 Å². The topological polar surface area (TPSA) is 84.0 Å². The lowest BCUT2D eigenvalue weighted by molar-refractivity contribution is -0.139. The van der Waals surface area contributed by atoms with Crippen LogP contribution < -0.4 is 5.14 Å². The summed E-state index contributed by atoms with van der Waals surface area (Å²) in [5, 5.41) is 4.62. The van der Waals surface area contributed by atoms with E-state index in [0.29, 0.717) is 12.1 Å². The van der Waals surface area contributed by atoms with E-state index in [2.05, 4.69) is 5.14 Å². The molecule has 0 amide bonds. The quantitative estimate of drug-likeness (QED) is 0.813. The molecule has 8 heteroatoms. The highest BCUT2D eigenvalue weighted by atomic mass is 32.2. The van der Waals surface area contributed by atoms with Crippen LogP contribution >= 0.6 is 0 Å². The summed E-state index contributed by atoms with van der Waals surface area (Å²) in [6.07, 6.45) is -4.85. The molecule has 1 rings (SSSR count). The third kappa shape index (κ3) is 2.60. The van der Waals surface area contributed by atoms with Gasteiger partial charge in [0.05, 0.1) is 10.5 Å². The second-order valence-electron chi connectivity index (χ2n) is 2.75. The van der Waals surface area contributed by atoms with Gasteiger partial charge in [0, 0.05) is 0 Å². The lowest BCUT2D eigenvalue weighted by Crippen LogP contribution is -2.18. The first-order valence-corrected chi connectivity index (χ1v) is 5.12. The van der Waals surface area contributed by atoms with E-state index in [1.807, 2.05) is 0 Å². The van der Waals surface area contributed by atoms with Gasteiger partial charge in [0.2, 0.25) is 10.0 Å². The number of alkyl halides is 3. The van der Waals surface area contributed by atoms with Gasteiger partial charge in [-0.15, -0.1) is 5.69 Å². The third-order valence-electron chi connectivity index (χ3n) is 1.59. The second-order valence-corrected chi connectivity index (χ2v) is 4.28. The molecule has 0 bridgehead atoms. The summed E-state index contributed by atoms with van der Waals surface area (Å²) in [7, 11) is -4.44. The summed E-state index contributed by atoms with van der Waals surface area (Å²) in [4.78, 5) is -1.02. The predicted molar refractivity (Wildman–Crippen MR) is 46.8 cm³/mol. The van der Waals surface area contributed by atoms with Crippen LogP contribution in [0.25, 0.3) is 5.73 Å². The zero-order valence-electron chi connectivity index (χ0n) is 7.17. The van der Waals surface area contributed by atoms with Crippen LogP contribution in [0, 0.1) is 0 Å². The molecule has 0 spiro atoms. The molecule has 84 valence electrons. The predicted octanol–water partition coefficient (Wildman–Crippen LogP) is 2.04. The number of hydrogen-bond donors (Lipinski definition) is 1. The van der Waals surface area contributed by atoms with Gasteiger partial charge >= 0.3 is 6.18 Å². The molecule has 0 saturated heterocycles. The summed E-state index contributed by atoms with van der Waals surface area (Å²) in [5.41, 5.74) is 5.13. The minimum absolute atomic E-state index is 0.416. The minimum atomic E-state index is -4.85. The smallest absolute Gasteiger partial charge is 0.417 e.